The topological polar surface area (TPSA) is 41.6 Å². The maximum atomic E-state index is 11.9. The van der Waals surface area contributed by atoms with E-state index in [1.165, 1.54) is 12.7 Å². The molecule has 0 saturated heterocycles. The van der Waals surface area contributed by atoms with Crippen molar-refractivity contribution in [1.29, 1.82) is 0 Å². The Bertz CT molecular complexity index is 415. The quantitative estimate of drug-likeness (QED) is 0.777. The van der Waals surface area contributed by atoms with Crippen LogP contribution in [0.15, 0.2) is 24.3 Å². The fraction of sp³-hybridized carbons (Fsp3) is 0.562. The molecule has 0 fully saturated rings. The molecule has 0 radical (unpaired) electrons. The zero-order valence-electron chi connectivity index (χ0n) is 13.1. The summed E-state index contributed by atoms with van der Waals surface area (Å²) in [5.74, 6) is -0.218. The van der Waals surface area contributed by atoms with Gasteiger partial charge in [-0.3, -0.25) is 4.79 Å². The molecule has 1 atom stereocenters. The molecule has 1 unspecified atom stereocenters. The van der Waals surface area contributed by atoms with Gasteiger partial charge < -0.3 is 15.0 Å². The lowest BCUT2D eigenvalue weighted by atomic mass is 10.2. The number of ether oxygens (including phenoxy) is 1. The Morgan fingerprint density at radius 1 is 1.30 bits per heavy atom. The van der Waals surface area contributed by atoms with E-state index in [9.17, 15) is 4.79 Å². The minimum atomic E-state index is -0.318. The molecule has 1 N–H and O–H groups in total. The van der Waals surface area contributed by atoms with Crippen molar-refractivity contribution in [3.8, 4) is 0 Å². The van der Waals surface area contributed by atoms with Gasteiger partial charge in [-0.15, -0.1) is 0 Å². The highest BCUT2D eigenvalue weighted by molar-refractivity contribution is 5.76. The fourth-order valence-corrected chi connectivity index (χ4v) is 2.13. The lowest BCUT2D eigenvalue weighted by molar-refractivity contribution is -0.143. The first kappa shape index (κ1) is 16.5. The lowest BCUT2D eigenvalue weighted by Gasteiger charge is -2.28. The SMILES string of the molecule is CCN(CC(NC(C)C)C(=O)OC)c1ccc(C)cc1. The normalized spacial score (nSPS) is 12.3. The molecule has 112 valence electrons. The first-order chi connectivity index (χ1) is 9.47. The first-order valence-electron chi connectivity index (χ1n) is 7.13. The van der Waals surface area contributed by atoms with E-state index >= 15 is 0 Å². The second kappa shape index (κ2) is 7.90. The lowest BCUT2D eigenvalue weighted by Crippen LogP contribution is -2.49. The smallest absolute Gasteiger partial charge is 0.324 e. The number of anilines is 1. The van der Waals surface area contributed by atoms with E-state index in [0.717, 1.165) is 12.2 Å². The molecule has 0 amide bonds. The number of methoxy groups -OCH3 is 1. The number of nitrogens with zero attached hydrogens (tertiary/aromatic N) is 1. The Kier molecular flexibility index (Phi) is 6.52. The Balaban J connectivity index is 2.82. The van der Waals surface area contributed by atoms with E-state index in [1.54, 1.807) is 0 Å². The molecule has 1 aromatic rings. The molecule has 0 bridgehead atoms. The number of benzene rings is 1. The van der Waals surface area contributed by atoms with Crippen molar-refractivity contribution in [3.63, 3.8) is 0 Å². The van der Waals surface area contributed by atoms with Crippen molar-refractivity contribution in [2.45, 2.75) is 39.8 Å². The number of aryl methyl sites for hydroxylation is 1. The minimum absolute atomic E-state index is 0.218. The van der Waals surface area contributed by atoms with Gasteiger partial charge in [0.1, 0.15) is 6.04 Å². The first-order valence-corrected chi connectivity index (χ1v) is 7.13. The van der Waals surface area contributed by atoms with Crippen molar-refractivity contribution in [1.82, 2.24) is 5.32 Å². The van der Waals surface area contributed by atoms with Crippen LogP contribution in [0.4, 0.5) is 5.69 Å². The van der Waals surface area contributed by atoms with Gasteiger partial charge >= 0.3 is 5.97 Å². The average molecular weight is 278 g/mol. The summed E-state index contributed by atoms with van der Waals surface area (Å²) in [6.45, 7) is 9.65. The zero-order chi connectivity index (χ0) is 15.1. The van der Waals surface area contributed by atoms with Crippen LogP contribution < -0.4 is 10.2 Å². The molecule has 0 heterocycles. The second-order valence-corrected chi connectivity index (χ2v) is 5.27. The summed E-state index contributed by atoms with van der Waals surface area (Å²) in [7, 11) is 1.43. The van der Waals surface area contributed by atoms with Crippen molar-refractivity contribution < 1.29 is 9.53 Å². The van der Waals surface area contributed by atoms with Crippen molar-refractivity contribution in [3.05, 3.63) is 29.8 Å². The monoisotopic (exact) mass is 278 g/mol. The van der Waals surface area contributed by atoms with Crippen LogP contribution in [-0.2, 0) is 9.53 Å². The molecular formula is C16H26N2O2. The van der Waals surface area contributed by atoms with Gasteiger partial charge in [0.25, 0.3) is 0 Å². The summed E-state index contributed by atoms with van der Waals surface area (Å²) in [6, 6.07) is 8.25. The maximum absolute atomic E-state index is 11.9. The number of likely N-dealkylation sites (N-methyl/N-ethyl adjacent to an activating group) is 1. The number of esters is 1. The van der Waals surface area contributed by atoms with Crippen LogP contribution >= 0.6 is 0 Å². The summed E-state index contributed by atoms with van der Waals surface area (Å²) in [6.07, 6.45) is 0. The second-order valence-electron chi connectivity index (χ2n) is 5.27. The number of carbonyl (C=O) groups is 1. The molecule has 0 saturated carbocycles. The Hall–Kier alpha value is -1.55. The van der Waals surface area contributed by atoms with Gasteiger partial charge in [0, 0.05) is 24.8 Å². The van der Waals surface area contributed by atoms with Crippen LogP contribution in [0, 0.1) is 6.92 Å². The Labute approximate surface area is 122 Å². The largest absolute Gasteiger partial charge is 0.468 e. The molecule has 1 aromatic carbocycles. The number of nitrogens with one attached hydrogen (secondary N) is 1. The number of rotatable bonds is 7. The van der Waals surface area contributed by atoms with Crippen LogP contribution in [0.5, 0.6) is 0 Å². The Morgan fingerprint density at radius 3 is 2.35 bits per heavy atom. The highest BCUT2D eigenvalue weighted by Gasteiger charge is 2.22. The van der Waals surface area contributed by atoms with E-state index in [0.29, 0.717) is 6.54 Å². The highest BCUT2D eigenvalue weighted by Crippen LogP contribution is 2.15. The Morgan fingerprint density at radius 2 is 1.90 bits per heavy atom. The van der Waals surface area contributed by atoms with E-state index in [2.05, 4.69) is 48.3 Å². The zero-order valence-corrected chi connectivity index (χ0v) is 13.1. The number of hydrogen-bond acceptors (Lipinski definition) is 4. The van der Waals surface area contributed by atoms with E-state index in [-0.39, 0.29) is 18.1 Å². The third kappa shape index (κ3) is 4.85. The van der Waals surface area contributed by atoms with E-state index < -0.39 is 0 Å². The van der Waals surface area contributed by atoms with Gasteiger partial charge in [0.15, 0.2) is 0 Å². The van der Waals surface area contributed by atoms with Crippen LogP contribution in [0.3, 0.4) is 0 Å². The van der Waals surface area contributed by atoms with Gasteiger partial charge in [0.2, 0.25) is 0 Å². The third-order valence-electron chi connectivity index (χ3n) is 3.20. The summed E-state index contributed by atoms with van der Waals surface area (Å²) >= 11 is 0. The maximum Gasteiger partial charge on any atom is 0.324 e. The van der Waals surface area contributed by atoms with E-state index in [4.69, 9.17) is 4.74 Å². The molecule has 1 rings (SSSR count). The predicted octanol–water partition coefficient (Wildman–Crippen LogP) is 2.36. The molecule has 0 spiro atoms. The van der Waals surface area contributed by atoms with Crippen molar-refractivity contribution >= 4 is 11.7 Å². The molecular weight excluding hydrogens is 252 g/mol. The highest BCUT2D eigenvalue weighted by atomic mass is 16.5. The van der Waals surface area contributed by atoms with Gasteiger partial charge in [-0.25, -0.2) is 0 Å². The van der Waals surface area contributed by atoms with Crippen molar-refractivity contribution in [2.24, 2.45) is 0 Å². The molecule has 4 nitrogen and oxygen atoms in total. The predicted molar refractivity (Wildman–Crippen MR) is 83.1 cm³/mol. The van der Waals surface area contributed by atoms with Crippen LogP contribution in [0.1, 0.15) is 26.3 Å². The number of carbonyl (C=O) groups excluding carboxylic acids is 1. The summed E-state index contributed by atoms with van der Waals surface area (Å²) < 4.78 is 4.89. The van der Waals surface area contributed by atoms with Crippen LogP contribution in [0.25, 0.3) is 0 Å². The average Bonchev–Trinajstić information content (AvgIpc) is 2.43. The fourth-order valence-electron chi connectivity index (χ4n) is 2.13. The van der Waals surface area contributed by atoms with E-state index in [1.807, 2.05) is 13.8 Å². The molecule has 0 aromatic heterocycles. The van der Waals surface area contributed by atoms with Gasteiger partial charge in [0.05, 0.1) is 7.11 Å². The van der Waals surface area contributed by atoms with Crippen LogP contribution in [-0.4, -0.2) is 38.3 Å². The van der Waals surface area contributed by atoms with Gasteiger partial charge in [-0.1, -0.05) is 31.5 Å². The third-order valence-corrected chi connectivity index (χ3v) is 3.20. The van der Waals surface area contributed by atoms with Gasteiger partial charge in [-0.2, -0.15) is 0 Å². The standard InChI is InChI=1S/C16H26N2O2/c1-6-18(14-9-7-13(4)8-10-14)11-15(16(19)20-5)17-12(2)3/h7-10,12,15,17H,6,11H2,1-5H3. The summed E-state index contributed by atoms with van der Waals surface area (Å²) in [5.41, 5.74) is 2.35. The molecule has 0 aliphatic heterocycles. The minimum Gasteiger partial charge on any atom is -0.468 e. The summed E-state index contributed by atoms with van der Waals surface area (Å²) in [4.78, 5) is 14.0. The number of hydrogen-bond donors (Lipinski definition) is 1. The molecule has 4 heteroatoms. The van der Waals surface area contributed by atoms with Crippen LogP contribution in [0.2, 0.25) is 0 Å². The van der Waals surface area contributed by atoms with Crippen molar-refractivity contribution in [2.75, 3.05) is 25.1 Å². The molecule has 0 aliphatic carbocycles. The molecule has 20 heavy (non-hydrogen) atoms. The molecule has 0 aliphatic rings. The summed E-state index contributed by atoms with van der Waals surface area (Å²) in [5, 5.41) is 3.26. The van der Waals surface area contributed by atoms with Gasteiger partial charge in [-0.05, 0) is 26.0 Å².